The zero-order chi connectivity index (χ0) is 17.4. The molecule has 1 aromatic heterocycles. The number of hydrogen-bond donors (Lipinski definition) is 3. The van der Waals surface area contributed by atoms with Crippen LogP contribution in [0, 0.1) is 19.8 Å². The van der Waals surface area contributed by atoms with E-state index in [1.54, 1.807) is 18.4 Å². The van der Waals surface area contributed by atoms with Crippen LogP contribution in [0.4, 0.5) is 0 Å². The third-order valence-electron chi connectivity index (χ3n) is 4.39. The van der Waals surface area contributed by atoms with Gasteiger partial charge in [-0.05, 0) is 32.6 Å². The Hall–Kier alpha value is -1.63. The van der Waals surface area contributed by atoms with E-state index in [0.717, 1.165) is 16.7 Å². The van der Waals surface area contributed by atoms with Crippen molar-refractivity contribution in [3.8, 4) is 0 Å². The number of guanidine groups is 1. The molecule has 1 aromatic rings. The van der Waals surface area contributed by atoms with E-state index < -0.39 is 0 Å². The average molecular weight is 352 g/mol. The Bertz CT molecular complexity index is 544. The van der Waals surface area contributed by atoms with Gasteiger partial charge in [0, 0.05) is 31.4 Å². The second-order valence-electron chi connectivity index (χ2n) is 6.31. The molecule has 0 aliphatic heterocycles. The lowest BCUT2D eigenvalue weighted by Crippen LogP contribution is -2.41. The summed E-state index contributed by atoms with van der Waals surface area (Å²) in [7, 11) is 1.74. The minimum absolute atomic E-state index is 0.167. The molecule has 0 unspecified atom stereocenters. The van der Waals surface area contributed by atoms with Crippen LogP contribution in [-0.4, -0.2) is 37.0 Å². The molecule has 2 rings (SSSR count). The van der Waals surface area contributed by atoms with Gasteiger partial charge in [0.1, 0.15) is 5.01 Å². The summed E-state index contributed by atoms with van der Waals surface area (Å²) < 4.78 is 0. The van der Waals surface area contributed by atoms with Crippen LogP contribution in [0.1, 0.15) is 47.7 Å². The molecule has 0 aromatic carbocycles. The highest BCUT2D eigenvalue weighted by Gasteiger charge is 2.17. The van der Waals surface area contributed by atoms with Crippen LogP contribution in [0.15, 0.2) is 4.99 Å². The van der Waals surface area contributed by atoms with Crippen molar-refractivity contribution in [3.63, 3.8) is 0 Å². The monoisotopic (exact) mass is 351 g/mol. The minimum Gasteiger partial charge on any atom is -0.355 e. The number of rotatable bonds is 7. The maximum Gasteiger partial charge on any atom is 0.220 e. The first-order chi connectivity index (χ1) is 11.6. The van der Waals surface area contributed by atoms with Crippen molar-refractivity contribution >= 4 is 23.2 Å². The minimum atomic E-state index is 0.167. The Morgan fingerprint density at radius 1 is 1.21 bits per heavy atom. The zero-order valence-electron chi connectivity index (χ0n) is 14.9. The maximum absolute atomic E-state index is 11.9. The van der Waals surface area contributed by atoms with E-state index in [2.05, 4.69) is 32.9 Å². The lowest BCUT2D eigenvalue weighted by Gasteiger charge is -2.12. The van der Waals surface area contributed by atoms with Gasteiger partial charge in [-0.3, -0.25) is 9.79 Å². The number of aromatic nitrogens is 1. The Balaban J connectivity index is 1.60. The van der Waals surface area contributed by atoms with Crippen molar-refractivity contribution in [2.75, 3.05) is 20.1 Å². The van der Waals surface area contributed by atoms with Crippen LogP contribution in [-0.2, 0) is 11.3 Å². The molecular weight excluding hydrogens is 322 g/mol. The standard InChI is InChI=1S/C17H29N5OS/c1-12-13(2)24-16(22-12)11-21-17(18-3)20-9-8-19-15(23)10-14-6-4-5-7-14/h14H,4-11H2,1-3H3,(H,19,23)(H2,18,20,21). The van der Waals surface area contributed by atoms with E-state index in [4.69, 9.17) is 0 Å². The fraction of sp³-hybridized carbons (Fsp3) is 0.706. The molecule has 1 amide bonds. The first kappa shape index (κ1) is 18.7. The lowest BCUT2D eigenvalue weighted by molar-refractivity contribution is -0.121. The van der Waals surface area contributed by atoms with Crippen molar-refractivity contribution in [3.05, 3.63) is 15.6 Å². The van der Waals surface area contributed by atoms with Crippen LogP contribution >= 0.6 is 11.3 Å². The Morgan fingerprint density at radius 2 is 1.92 bits per heavy atom. The summed E-state index contributed by atoms with van der Waals surface area (Å²) >= 11 is 1.70. The fourth-order valence-corrected chi connectivity index (χ4v) is 3.80. The van der Waals surface area contributed by atoms with Gasteiger partial charge >= 0.3 is 0 Å². The van der Waals surface area contributed by atoms with Crippen LogP contribution in [0.25, 0.3) is 0 Å². The largest absolute Gasteiger partial charge is 0.355 e. The van der Waals surface area contributed by atoms with Gasteiger partial charge in [0.2, 0.25) is 5.91 Å². The number of aliphatic imine (C=N–C) groups is 1. The summed E-state index contributed by atoms with van der Waals surface area (Å²) in [4.78, 5) is 21.8. The maximum atomic E-state index is 11.9. The van der Waals surface area contributed by atoms with E-state index >= 15 is 0 Å². The molecule has 134 valence electrons. The first-order valence-electron chi connectivity index (χ1n) is 8.72. The summed E-state index contributed by atoms with van der Waals surface area (Å²) in [6, 6.07) is 0. The molecule has 0 spiro atoms. The summed E-state index contributed by atoms with van der Waals surface area (Å²) in [5.74, 6) is 1.49. The highest BCUT2D eigenvalue weighted by molar-refractivity contribution is 7.11. The number of nitrogens with zero attached hydrogens (tertiary/aromatic N) is 2. The summed E-state index contributed by atoms with van der Waals surface area (Å²) in [5, 5.41) is 10.5. The fourth-order valence-electron chi connectivity index (χ4n) is 2.93. The lowest BCUT2D eigenvalue weighted by atomic mass is 10.0. The van der Waals surface area contributed by atoms with Gasteiger partial charge in [-0.25, -0.2) is 4.98 Å². The van der Waals surface area contributed by atoms with Gasteiger partial charge in [-0.1, -0.05) is 12.8 Å². The second-order valence-corrected chi connectivity index (χ2v) is 7.59. The second kappa shape index (κ2) is 9.61. The number of aryl methyl sites for hydroxylation is 2. The highest BCUT2D eigenvalue weighted by atomic mass is 32.1. The van der Waals surface area contributed by atoms with Crippen molar-refractivity contribution < 1.29 is 4.79 Å². The molecule has 24 heavy (non-hydrogen) atoms. The zero-order valence-corrected chi connectivity index (χ0v) is 15.8. The highest BCUT2D eigenvalue weighted by Crippen LogP contribution is 2.27. The SMILES string of the molecule is CN=C(NCCNC(=O)CC1CCCC1)NCc1nc(C)c(C)s1. The molecule has 0 radical (unpaired) electrons. The summed E-state index contributed by atoms with van der Waals surface area (Å²) in [5.41, 5.74) is 1.09. The molecule has 0 bridgehead atoms. The number of amides is 1. The van der Waals surface area contributed by atoms with Crippen molar-refractivity contribution in [2.45, 2.75) is 52.5 Å². The van der Waals surface area contributed by atoms with Crippen LogP contribution in [0.5, 0.6) is 0 Å². The Labute approximate surface area is 148 Å². The Morgan fingerprint density at radius 3 is 2.54 bits per heavy atom. The predicted octanol–water partition coefficient (Wildman–Crippen LogP) is 2.12. The number of hydrogen-bond acceptors (Lipinski definition) is 4. The van der Waals surface area contributed by atoms with Crippen LogP contribution < -0.4 is 16.0 Å². The normalized spacial score (nSPS) is 15.5. The summed E-state index contributed by atoms with van der Waals surface area (Å²) in [6.45, 7) is 6.04. The molecule has 1 saturated carbocycles. The third kappa shape index (κ3) is 6.11. The van der Waals surface area contributed by atoms with Crippen molar-refractivity contribution in [1.82, 2.24) is 20.9 Å². The van der Waals surface area contributed by atoms with E-state index in [9.17, 15) is 4.79 Å². The Kier molecular flexibility index (Phi) is 7.49. The molecule has 3 N–H and O–H groups in total. The molecule has 0 saturated heterocycles. The average Bonchev–Trinajstić information content (AvgIpc) is 3.17. The predicted molar refractivity (Wildman–Crippen MR) is 99.4 cm³/mol. The molecule has 0 atom stereocenters. The molecular formula is C17H29N5OS. The van der Waals surface area contributed by atoms with Gasteiger partial charge in [0.15, 0.2) is 5.96 Å². The first-order valence-corrected chi connectivity index (χ1v) is 9.54. The van der Waals surface area contributed by atoms with Crippen molar-refractivity contribution in [2.24, 2.45) is 10.9 Å². The van der Waals surface area contributed by atoms with Gasteiger partial charge in [-0.15, -0.1) is 11.3 Å². The number of nitrogens with one attached hydrogen (secondary N) is 3. The molecule has 7 heteroatoms. The topological polar surface area (TPSA) is 78.4 Å². The molecule has 1 heterocycles. The van der Waals surface area contributed by atoms with Gasteiger partial charge in [-0.2, -0.15) is 0 Å². The van der Waals surface area contributed by atoms with E-state index in [0.29, 0.717) is 32.0 Å². The molecule has 1 aliphatic carbocycles. The third-order valence-corrected chi connectivity index (χ3v) is 5.46. The molecule has 6 nitrogen and oxygen atoms in total. The van der Waals surface area contributed by atoms with Gasteiger partial charge in [0.05, 0.1) is 12.2 Å². The number of carbonyl (C=O) groups is 1. The number of carbonyl (C=O) groups excluding carboxylic acids is 1. The van der Waals surface area contributed by atoms with E-state index in [1.807, 2.05) is 6.92 Å². The smallest absolute Gasteiger partial charge is 0.220 e. The van der Waals surface area contributed by atoms with E-state index in [1.165, 1.54) is 30.6 Å². The molecule has 1 fully saturated rings. The van der Waals surface area contributed by atoms with Gasteiger partial charge < -0.3 is 16.0 Å². The summed E-state index contributed by atoms with van der Waals surface area (Å²) in [6.07, 6.45) is 5.64. The van der Waals surface area contributed by atoms with Gasteiger partial charge in [0.25, 0.3) is 0 Å². The van der Waals surface area contributed by atoms with Crippen LogP contribution in [0.2, 0.25) is 0 Å². The van der Waals surface area contributed by atoms with Crippen LogP contribution in [0.3, 0.4) is 0 Å². The number of thiazole rings is 1. The molecule has 1 aliphatic rings. The van der Waals surface area contributed by atoms with E-state index in [-0.39, 0.29) is 5.91 Å². The quantitative estimate of drug-likeness (QED) is 0.399. The van der Waals surface area contributed by atoms with Crippen molar-refractivity contribution in [1.29, 1.82) is 0 Å².